The van der Waals surface area contributed by atoms with Gasteiger partial charge in [-0.1, -0.05) is 20.8 Å². The highest BCUT2D eigenvalue weighted by Crippen LogP contribution is 2.36. The van der Waals surface area contributed by atoms with Crippen LogP contribution in [0.25, 0.3) is 0 Å². The second-order valence-electron chi connectivity index (χ2n) is 7.06. The summed E-state index contributed by atoms with van der Waals surface area (Å²) < 4.78 is 22.9. The number of hydrogen-bond acceptors (Lipinski definition) is 4. The quantitative estimate of drug-likeness (QED) is 0.573. The standard InChI is InChI=1S/C14H30O4Si/c1-13(2,3)19(6,7)17-11-10-15-12-8-9-16-14(4,5)18-12/h12H,8-11H2,1-7H3/t12-/m0/s1. The highest BCUT2D eigenvalue weighted by Gasteiger charge is 2.37. The second-order valence-corrected chi connectivity index (χ2v) is 11.9. The lowest BCUT2D eigenvalue weighted by molar-refractivity contribution is -0.330. The zero-order valence-electron chi connectivity index (χ0n) is 13.5. The molecule has 0 saturated carbocycles. The summed E-state index contributed by atoms with van der Waals surface area (Å²) in [5.41, 5.74) is 0. The van der Waals surface area contributed by atoms with Crippen molar-refractivity contribution < 1.29 is 18.6 Å². The van der Waals surface area contributed by atoms with Crippen molar-refractivity contribution in [2.75, 3.05) is 19.8 Å². The zero-order valence-corrected chi connectivity index (χ0v) is 14.5. The number of rotatable bonds is 5. The van der Waals surface area contributed by atoms with Gasteiger partial charge in [-0.2, -0.15) is 0 Å². The summed E-state index contributed by atoms with van der Waals surface area (Å²) in [4.78, 5) is 0. The molecule has 19 heavy (non-hydrogen) atoms. The van der Waals surface area contributed by atoms with Crippen molar-refractivity contribution >= 4 is 8.32 Å². The van der Waals surface area contributed by atoms with E-state index in [4.69, 9.17) is 18.6 Å². The second kappa shape index (κ2) is 6.22. The molecular weight excluding hydrogens is 260 g/mol. The molecule has 1 rings (SSSR count). The molecule has 0 unspecified atom stereocenters. The Morgan fingerprint density at radius 1 is 1.21 bits per heavy atom. The predicted octanol–water partition coefficient (Wildman–Crippen LogP) is 3.52. The van der Waals surface area contributed by atoms with Crippen molar-refractivity contribution in [1.82, 2.24) is 0 Å². The minimum atomic E-state index is -1.67. The lowest BCUT2D eigenvalue weighted by Gasteiger charge is -2.37. The molecule has 1 saturated heterocycles. The number of ether oxygens (including phenoxy) is 3. The van der Waals surface area contributed by atoms with Crippen molar-refractivity contribution in [2.24, 2.45) is 0 Å². The van der Waals surface area contributed by atoms with Gasteiger partial charge in [0, 0.05) is 6.42 Å². The molecule has 0 aromatic carbocycles. The van der Waals surface area contributed by atoms with Gasteiger partial charge in [-0.25, -0.2) is 0 Å². The minimum Gasteiger partial charge on any atom is -0.414 e. The molecule has 0 spiro atoms. The van der Waals surface area contributed by atoms with E-state index in [-0.39, 0.29) is 11.3 Å². The van der Waals surface area contributed by atoms with Crippen molar-refractivity contribution in [3.05, 3.63) is 0 Å². The Labute approximate surface area is 118 Å². The van der Waals surface area contributed by atoms with Crippen molar-refractivity contribution in [3.8, 4) is 0 Å². The highest BCUT2D eigenvalue weighted by molar-refractivity contribution is 6.74. The van der Waals surface area contributed by atoms with E-state index in [1.807, 2.05) is 13.8 Å². The van der Waals surface area contributed by atoms with Crippen molar-refractivity contribution in [1.29, 1.82) is 0 Å². The van der Waals surface area contributed by atoms with Gasteiger partial charge in [-0.3, -0.25) is 0 Å². The molecule has 1 aliphatic rings. The molecule has 0 N–H and O–H groups in total. The van der Waals surface area contributed by atoms with E-state index in [2.05, 4.69) is 33.9 Å². The van der Waals surface area contributed by atoms with Crippen LogP contribution in [0.4, 0.5) is 0 Å². The van der Waals surface area contributed by atoms with E-state index >= 15 is 0 Å². The Kier molecular flexibility index (Phi) is 5.60. The van der Waals surface area contributed by atoms with Crippen LogP contribution in [0.5, 0.6) is 0 Å². The van der Waals surface area contributed by atoms with Crippen LogP contribution in [-0.4, -0.2) is 40.2 Å². The lowest BCUT2D eigenvalue weighted by Crippen LogP contribution is -2.43. The molecule has 1 heterocycles. The molecule has 0 amide bonds. The molecule has 4 nitrogen and oxygen atoms in total. The maximum atomic E-state index is 6.06. The first-order valence-electron chi connectivity index (χ1n) is 7.11. The summed E-state index contributed by atoms with van der Waals surface area (Å²) in [6.45, 7) is 16.9. The molecule has 0 radical (unpaired) electrons. The molecule has 1 atom stereocenters. The van der Waals surface area contributed by atoms with E-state index in [1.54, 1.807) is 0 Å². The Morgan fingerprint density at radius 3 is 2.37 bits per heavy atom. The average molecular weight is 290 g/mol. The third-order valence-corrected chi connectivity index (χ3v) is 8.41. The van der Waals surface area contributed by atoms with Crippen LogP contribution < -0.4 is 0 Å². The van der Waals surface area contributed by atoms with Crippen LogP contribution in [0.15, 0.2) is 0 Å². The van der Waals surface area contributed by atoms with Gasteiger partial charge < -0.3 is 18.6 Å². The van der Waals surface area contributed by atoms with Gasteiger partial charge in [-0.05, 0) is 32.0 Å². The smallest absolute Gasteiger partial charge is 0.192 e. The van der Waals surface area contributed by atoms with Gasteiger partial charge in [0.15, 0.2) is 20.4 Å². The van der Waals surface area contributed by atoms with Crippen LogP contribution in [0.2, 0.25) is 18.1 Å². The van der Waals surface area contributed by atoms with E-state index in [0.717, 1.165) is 6.42 Å². The molecule has 0 bridgehead atoms. The third kappa shape index (κ3) is 5.51. The van der Waals surface area contributed by atoms with Gasteiger partial charge in [-0.15, -0.1) is 0 Å². The highest BCUT2D eigenvalue weighted by atomic mass is 28.4. The normalized spacial score (nSPS) is 24.5. The molecule has 0 aliphatic carbocycles. The van der Waals surface area contributed by atoms with Gasteiger partial charge in [0.2, 0.25) is 0 Å². The van der Waals surface area contributed by atoms with Gasteiger partial charge in [0.25, 0.3) is 0 Å². The molecule has 0 aromatic heterocycles. The van der Waals surface area contributed by atoms with Crippen molar-refractivity contribution in [3.63, 3.8) is 0 Å². The SMILES string of the molecule is CC1(C)OCC[C@@H](OCCO[Si](C)(C)C(C)(C)C)O1. The summed E-state index contributed by atoms with van der Waals surface area (Å²) in [6.07, 6.45) is 0.607. The fraction of sp³-hybridized carbons (Fsp3) is 1.00. The van der Waals surface area contributed by atoms with Gasteiger partial charge in [0.05, 0.1) is 19.8 Å². The Balaban J connectivity index is 2.24. The molecule has 114 valence electrons. The van der Waals surface area contributed by atoms with Crippen LogP contribution in [0, 0.1) is 0 Å². The fourth-order valence-corrected chi connectivity index (χ4v) is 2.65. The van der Waals surface area contributed by atoms with E-state index in [9.17, 15) is 0 Å². The lowest BCUT2D eigenvalue weighted by atomic mass is 10.2. The predicted molar refractivity (Wildman–Crippen MR) is 78.6 cm³/mol. The van der Waals surface area contributed by atoms with Crippen LogP contribution in [-0.2, 0) is 18.6 Å². The molecule has 5 heteroatoms. The van der Waals surface area contributed by atoms with Crippen molar-refractivity contribution in [2.45, 2.75) is 71.2 Å². The summed E-state index contributed by atoms with van der Waals surface area (Å²) >= 11 is 0. The van der Waals surface area contributed by atoms with E-state index in [1.165, 1.54) is 0 Å². The maximum Gasteiger partial charge on any atom is 0.192 e. The fourth-order valence-electron chi connectivity index (χ4n) is 1.62. The monoisotopic (exact) mass is 290 g/mol. The Bertz CT molecular complexity index is 284. The van der Waals surface area contributed by atoms with Gasteiger partial charge >= 0.3 is 0 Å². The zero-order chi connectivity index (χ0) is 14.7. The number of hydrogen-bond donors (Lipinski definition) is 0. The molecule has 1 aliphatic heterocycles. The third-order valence-electron chi connectivity index (χ3n) is 3.87. The van der Waals surface area contributed by atoms with E-state index < -0.39 is 14.1 Å². The molecular formula is C14H30O4Si. The van der Waals surface area contributed by atoms with Crippen LogP contribution in [0.3, 0.4) is 0 Å². The van der Waals surface area contributed by atoms with Crippen LogP contribution in [0.1, 0.15) is 41.0 Å². The molecule has 0 aromatic rings. The topological polar surface area (TPSA) is 36.9 Å². The molecule has 1 fully saturated rings. The van der Waals surface area contributed by atoms with E-state index in [0.29, 0.717) is 19.8 Å². The first kappa shape index (κ1) is 17.1. The summed E-state index contributed by atoms with van der Waals surface area (Å²) in [6, 6.07) is 0. The Morgan fingerprint density at radius 2 is 1.84 bits per heavy atom. The van der Waals surface area contributed by atoms with Crippen LogP contribution >= 0.6 is 0 Å². The maximum absolute atomic E-state index is 6.06. The summed E-state index contributed by atoms with van der Waals surface area (Å²) in [5.74, 6) is -0.538. The summed E-state index contributed by atoms with van der Waals surface area (Å²) in [7, 11) is -1.67. The van der Waals surface area contributed by atoms with Gasteiger partial charge in [0.1, 0.15) is 0 Å². The largest absolute Gasteiger partial charge is 0.414 e. The average Bonchev–Trinajstić information content (AvgIpc) is 2.21. The first-order valence-corrected chi connectivity index (χ1v) is 10.0. The Hall–Kier alpha value is 0.0569. The summed E-state index contributed by atoms with van der Waals surface area (Å²) in [5, 5.41) is 0.240. The minimum absolute atomic E-state index is 0.174. The first-order chi connectivity index (χ1) is 8.54.